The third kappa shape index (κ3) is 2.88. The summed E-state index contributed by atoms with van der Waals surface area (Å²) in [6.45, 7) is 1.68. The third-order valence-electron chi connectivity index (χ3n) is 1.89. The number of nitrogens with zero attached hydrogens (tertiary/aromatic N) is 2. The topological polar surface area (TPSA) is 63.0 Å². The maximum atomic E-state index is 12.6. The molecule has 0 saturated heterocycles. The number of aromatic nitrogens is 1. The second-order valence-electron chi connectivity index (χ2n) is 2.89. The van der Waals surface area contributed by atoms with Crippen LogP contribution in [0.4, 0.5) is 8.78 Å². The summed E-state index contributed by atoms with van der Waals surface area (Å²) in [4.78, 5) is 15.2. The molecule has 1 rings (SSSR count). The zero-order chi connectivity index (χ0) is 13.0. The van der Waals surface area contributed by atoms with E-state index in [2.05, 4.69) is 4.98 Å². The number of hydrogen-bond acceptors (Lipinski definition) is 4. The molecular weight excluding hydrogens is 345 g/mol. The summed E-state index contributed by atoms with van der Waals surface area (Å²) in [5, 5.41) is 8.87. The molecule has 4 nitrogen and oxygen atoms in total. The fourth-order valence-electron chi connectivity index (χ4n) is 1.18. The molecule has 0 aliphatic heterocycles. The van der Waals surface area contributed by atoms with E-state index in [0.29, 0.717) is 0 Å². The molecule has 0 bridgehead atoms. The maximum Gasteiger partial charge on any atom is 0.342 e. The fraction of sp³-hybridized carbons (Fsp3) is 0.300. The van der Waals surface area contributed by atoms with Crippen molar-refractivity contribution in [3.63, 3.8) is 0 Å². The quantitative estimate of drug-likeness (QED) is 0.477. The Hall–Kier alpha value is -1.30. The van der Waals surface area contributed by atoms with Gasteiger partial charge in [0.2, 0.25) is 0 Å². The second kappa shape index (κ2) is 5.86. The summed E-state index contributed by atoms with van der Waals surface area (Å²) in [6.07, 6.45) is -1.96. The number of rotatable bonds is 3. The van der Waals surface area contributed by atoms with Crippen molar-refractivity contribution in [2.75, 3.05) is 6.61 Å². The molecule has 1 heterocycles. The molecule has 0 fully saturated rings. The van der Waals surface area contributed by atoms with Crippen LogP contribution in [0.3, 0.4) is 0 Å². The smallest absolute Gasteiger partial charge is 0.342 e. The third-order valence-corrected chi connectivity index (χ3v) is 2.71. The maximum absolute atomic E-state index is 12.6. The van der Waals surface area contributed by atoms with E-state index in [4.69, 9.17) is 10.00 Å². The molecule has 0 unspecified atom stereocenters. The van der Waals surface area contributed by atoms with Crippen LogP contribution in [0.15, 0.2) is 6.20 Å². The number of nitriles is 1. The zero-order valence-electron chi connectivity index (χ0n) is 8.71. The Morgan fingerprint density at radius 2 is 2.35 bits per heavy atom. The molecule has 0 aliphatic rings. The van der Waals surface area contributed by atoms with E-state index in [1.807, 2.05) is 0 Å². The van der Waals surface area contributed by atoms with Crippen molar-refractivity contribution in [2.45, 2.75) is 13.3 Å². The molecule has 0 radical (unpaired) electrons. The van der Waals surface area contributed by atoms with Crippen molar-refractivity contribution >= 4 is 28.6 Å². The fourth-order valence-corrected chi connectivity index (χ4v) is 1.81. The van der Waals surface area contributed by atoms with Crippen LogP contribution in [0.2, 0.25) is 0 Å². The molecule has 90 valence electrons. The van der Waals surface area contributed by atoms with Gasteiger partial charge in [-0.2, -0.15) is 5.26 Å². The van der Waals surface area contributed by atoms with Gasteiger partial charge in [-0.1, -0.05) is 0 Å². The molecule has 0 aliphatic carbocycles. The van der Waals surface area contributed by atoms with Crippen molar-refractivity contribution in [3.8, 4) is 6.07 Å². The molecule has 0 aromatic carbocycles. The lowest BCUT2D eigenvalue weighted by atomic mass is 10.1. The number of ether oxygens (including phenoxy) is 1. The average Bonchev–Trinajstić information content (AvgIpc) is 2.28. The molecule has 0 amide bonds. The molecule has 1 aromatic heterocycles. The predicted octanol–water partition coefficient (Wildman–Crippen LogP) is 2.67. The summed E-state index contributed by atoms with van der Waals surface area (Å²) in [5.74, 6) is -0.816. The van der Waals surface area contributed by atoms with Crippen LogP contribution < -0.4 is 0 Å². The Balaban J connectivity index is 3.42. The molecule has 1 aromatic rings. The summed E-state index contributed by atoms with van der Waals surface area (Å²) in [7, 11) is 0. The molecule has 7 heteroatoms. The van der Waals surface area contributed by atoms with Gasteiger partial charge in [0.15, 0.2) is 0 Å². The first-order valence-corrected chi connectivity index (χ1v) is 5.64. The second-order valence-corrected chi connectivity index (χ2v) is 3.91. The first-order valence-electron chi connectivity index (χ1n) is 4.56. The number of carbonyl (C=O) groups is 1. The summed E-state index contributed by atoms with van der Waals surface area (Å²) in [6, 6.07) is 1.60. The Morgan fingerprint density at radius 3 is 2.82 bits per heavy atom. The number of pyridine rings is 1. The lowest BCUT2D eigenvalue weighted by Gasteiger charge is -2.09. The van der Waals surface area contributed by atoms with Crippen molar-refractivity contribution in [3.05, 3.63) is 26.6 Å². The minimum Gasteiger partial charge on any atom is -0.462 e. The average molecular weight is 352 g/mol. The number of alkyl halides is 2. The van der Waals surface area contributed by atoms with Gasteiger partial charge in [-0.05, 0) is 29.5 Å². The predicted molar refractivity (Wildman–Crippen MR) is 62.6 cm³/mol. The van der Waals surface area contributed by atoms with Gasteiger partial charge >= 0.3 is 5.97 Å². The van der Waals surface area contributed by atoms with Crippen LogP contribution in [-0.4, -0.2) is 17.6 Å². The molecule has 0 spiro atoms. The van der Waals surface area contributed by atoms with E-state index < -0.39 is 18.0 Å². The number of halogens is 3. The van der Waals surface area contributed by atoms with Gasteiger partial charge < -0.3 is 4.74 Å². The van der Waals surface area contributed by atoms with E-state index in [9.17, 15) is 13.6 Å². The normalized spacial score (nSPS) is 10.1. The first-order chi connectivity index (χ1) is 8.02. The Bertz CT molecular complexity index is 486. The van der Waals surface area contributed by atoms with Gasteiger partial charge in [0.05, 0.1) is 17.7 Å². The lowest BCUT2D eigenvalue weighted by molar-refractivity contribution is 0.0523. The number of esters is 1. The van der Waals surface area contributed by atoms with Crippen LogP contribution in [0.1, 0.15) is 34.8 Å². The van der Waals surface area contributed by atoms with Gasteiger partial charge in [0, 0.05) is 6.20 Å². The standard InChI is InChI=1S/C10H7F2IN2O2/c1-2-17-10(16)7-5(3-14)6(8(11)12)4-15-9(7)13/h4,8H,2H2,1H3. The van der Waals surface area contributed by atoms with Crippen molar-refractivity contribution in [2.24, 2.45) is 0 Å². The van der Waals surface area contributed by atoms with Crippen LogP contribution in [0.25, 0.3) is 0 Å². The lowest BCUT2D eigenvalue weighted by Crippen LogP contribution is -2.12. The van der Waals surface area contributed by atoms with E-state index in [1.54, 1.807) is 35.6 Å². The highest BCUT2D eigenvalue weighted by Crippen LogP contribution is 2.26. The largest absolute Gasteiger partial charge is 0.462 e. The van der Waals surface area contributed by atoms with E-state index in [0.717, 1.165) is 6.20 Å². The van der Waals surface area contributed by atoms with Crippen LogP contribution in [-0.2, 0) is 4.74 Å². The van der Waals surface area contributed by atoms with Crippen LogP contribution in [0, 0.1) is 15.0 Å². The summed E-state index contributed by atoms with van der Waals surface area (Å²) < 4.78 is 30.1. The summed E-state index contributed by atoms with van der Waals surface area (Å²) in [5.41, 5.74) is -1.14. The molecule has 0 N–H and O–H groups in total. The minimum atomic E-state index is -2.86. The molecular formula is C10H7F2IN2O2. The van der Waals surface area contributed by atoms with Crippen LogP contribution >= 0.6 is 22.6 Å². The molecule has 0 atom stereocenters. The number of carbonyl (C=O) groups excluding carboxylic acids is 1. The van der Waals surface area contributed by atoms with Gasteiger partial charge in [0.1, 0.15) is 15.3 Å². The highest BCUT2D eigenvalue weighted by molar-refractivity contribution is 14.1. The van der Waals surface area contributed by atoms with Crippen LogP contribution in [0.5, 0.6) is 0 Å². The van der Waals surface area contributed by atoms with Gasteiger partial charge in [-0.3, -0.25) is 0 Å². The monoisotopic (exact) mass is 352 g/mol. The van der Waals surface area contributed by atoms with E-state index in [1.165, 1.54) is 0 Å². The Morgan fingerprint density at radius 1 is 1.71 bits per heavy atom. The highest BCUT2D eigenvalue weighted by Gasteiger charge is 2.24. The molecule has 17 heavy (non-hydrogen) atoms. The minimum absolute atomic E-state index is 0.0959. The highest BCUT2D eigenvalue weighted by atomic mass is 127. The van der Waals surface area contributed by atoms with Crippen molar-refractivity contribution in [1.29, 1.82) is 5.26 Å². The van der Waals surface area contributed by atoms with Crippen molar-refractivity contribution in [1.82, 2.24) is 4.98 Å². The SMILES string of the molecule is CCOC(=O)c1c(I)ncc(C(F)F)c1C#N. The van der Waals surface area contributed by atoms with E-state index >= 15 is 0 Å². The van der Waals surface area contributed by atoms with Crippen molar-refractivity contribution < 1.29 is 18.3 Å². The van der Waals surface area contributed by atoms with Gasteiger partial charge in [-0.25, -0.2) is 18.6 Å². The summed E-state index contributed by atoms with van der Waals surface area (Å²) >= 11 is 1.70. The Kier molecular flexibility index (Phi) is 4.74. The first kappa shape index (κ1) is 13.8. The zero-order valence-corrected chi connectivity index (χ0v) is 10.9. The number of hydrogen-bond donors (Lipinski definition) is 0. The van der Waals surface area contributed by atoms with E-state index in [-0.39, 0.29) is 21.4 Å². The Labute approximate surface area is 110 Å². The van der Waals surface area contributed by atoms with Gasteiger partial charge in [-0.15, -0.1) is 0 Å². The van der Waals surface area contributed by atoms with Gasteiger partial charge in [0.25, 0.3) is 6.43 Å². The molecule has 0 saturated carbocycles.